The van der Waals surface area contributed by atoms with Crippen LogP contribution in [-0.2, 0) is 0 Å². The Balaban J connectivity index is 0.000000490. The van der Waals surface area contributed by atoms with Crippen LogP contribution in [0.4, 0.5) is 0 Å². The van der Waals surface area contributed by atoms with Crippen molar-refractivity contribution in [3.63, 3.8) is 0 Å². The minimum atomic E-state index is 0. The summed E-state index contributed by atoms with van der Waals surface area (Å²) >= 11 is 0. The topological polar surface area (TPSA) is 0 Å². The predicted molar refractivity (Wildman–Crippen MR) is 43.5 cm³/mol. The monoisotopic (exact) mass is 118 g/mol. The zero-order valence-electron chi connectivity index (χ0n) is 4.86. The van der Waals surface area contributed by atoms with E-state index in [0.29, 0.717) is 0 Å². The first-order valence-electron chi connectivity index (χ1n) is 2.63. The first kappa shape index (κ1) is 8.29. The summed E-state index contributed by atoms with van der Waals surface area (Å²) in [6.45, 7) is 2.16. The molecule has 0 bridgehead atoms. The zero-order chi connectivity index (χ0) is 5.28. The molecule has 0 nitrogen and oxygen atoms in total. The molecule has 1 aliphatic carbocycles. The summed E-state index contributed by atoms with van der Waals surface area (Å²) in [5.74, 6) is 0. The Hall–Kier alpha value is 0.294. The van der Waals surface area contributed by atoms with Gasteiger partial charge in [-0.2, -0.15) is 0 Å². The molecule has 1 rings (SSSR count). The third-order valence-electron chi connectivity index (χ3n) is 1.22. The van der Waals surface area contributed by atoms with E-state index in [4.69, 9.17) is 0 Å². The van der Waals surface area contributed by atoms with Gasteiger partial charge < -0.3 is 0 Å². The molecule has 2 heteroatoms. The van der Waals surface area contributed by atoms with Gasteiger partial charge >= 0.3 is 18.9 Å². The van der Waals surface area contributed by atoms with Crippen LogP contribution in [0.5, 0.6) is 0 Å². The zero-order valence-corrected chi connectivity index (χ0v) is 6.86. The van der Waals surface area contributed by atoms with E-state index in [2.05, 4.69) is 19.1 Å². The Labute approximate surface area is 65.6 Å². The standard InChI is InChI=1S/C6H10Si.Li.H/c1-5-2-3-6(7)4-5;;/h2,4H,3H2,1,7H3;;. The molecule has 0 aromatic rings. The van der Waals surface area contributed by atoms with Crippen molar-refractivity contribution >= 4 is 29.1 Å². The van der Waals surface area contributed by atoms with Crippen LogP contribution < -0.4 is 0 Å². The van der Waals surface area contributed by atoms with Crippen molar-refractivity contribution in [2.24, 2.45) is 0 Å². The molecule has 0 aromatic carbocycles. The summed E-state index contributed by atoms with van der Waals surface area (Å²) in [6, 6.07) is 0. The molecule has 0 heterocycles. The molecule has 0 unspecified atom stereocenters. The second-order valence-electron chi connectivity index (χ2n) is 2.14. The van der Waals surface area contributed by atoms with Gasteiger partial charge in [0.1, 0.15) is 0 Å². The number of allylic oxidation sites excluding steroid dienone is 4. The molecule has 0 spiro atoms. The van der Waals surface area contributed by atoms with Crippen LogP contribution in [0.1, 0.15) is 13.3 Å². The van der Waals surface area contributed by atoms with Crippen LogP contribution in [0.3, 0.4) is 0 Å². The van der Waals surface area contributed by atoms with Crippen molar-refractivity contribution < 1.29 is 0 Å². The summed E-state index contributed by atoms with van der Waals surface area (Å²) < 4.78 is 0. The molecule has 0 fully saturated rings. The molecular formula is C6H11LiSi. The van der Waals surface area contributed by atoms with E-state index >= 15 is 0 Å². The predicted octanol–water partition coefficient (Wildman–Crippen LogP) is -0.0628. The third kappa shape index (κ3) is 2.04. The molecule has 0 radical (unpaired) electrons. The van der Waals surface area contributed by atoms with Crippen molar-refractivity contribution in [2.45, 2.75) is 13.3 Å². The molecule has 0 N–H and O–H groups in total. The Kier molecular flexibility index (Phi) is 3.47. The first-order chi connectivity index (χ1) is 3.29. The SMILES string of the molecule is CC1=CCC([SiH3])=C1.[LiH]. The number of rotatable bonds is 0. The van der Waals surface area contributed by atoms with E-state index in [1.165, 1.54) is 22.2 Å². The minimum absolute atomic E-state index is 0. The van der Waals surface area contributed by atoms with E-state index < -0.39 is 0 Å². The van der Waals surface area contributed by atoms with E-state index in [9.17, 15) is 0 Å². The van der Waals surface area contributed by atoms with E-state index in [-0.39, 0.29) is 18.9 Å². The molecule has 0 saturated carbocycles. The number of hydrogen-bond acceptors (Lipinski definition) is 0. The Morgan fingerprint density at radius 3 is 2.38 bits per heavy atom. The van der Waals surface area contributed by atoms with Crippen LogP contribution in [0, 0.1) is 0 Å². The molecule has 1 aliphatic rings. The van der Waals surface area contributed by atoms with Crippen molar-refractivity contribution in [1.82, 2.24) is 0 Å². The summed E-state index contributed by atoms with van der Waals surface area (Å²) in [5.41, 5.74) is 1.45. The molecule has 0 aliphatic heterocycles. The second kappa shape index (κ2) is 3.35. The molecule has 40 valence electrons. The van der Waals surface area contributed by atoms with Gasteiger partial charge in [-0.1, -0.05) is 22.9 Å². The maximum atomic E-state index is 2.28. The van der Waals surface area contributed by atoms with Gasteiger partial charge in [0.2, 0.25) is 0 Å². The summed E-state index contributed by atoms with van der Waals surface area (Å²) in [5, 5.41) is 1.62. The van der Waals surface area contributed by atoms with Crippen molar-refractivity contribution in [3.8, 4) is 0 Å². The van der Waals surface area contributed by atoms with Gasteiger partial charge in [0.25, 0.3) is 0 Å². The normalized spacial score (nSPS) is 17.1. The van der Waals surface area contributed by atoms with Gasteiger partial charge in [0, 0.05) is 10.2 Å². The van der Waals surface area contributed by atoms with Gasteiger partial charge in [0.05, 0.1) is 0 Å². The quantitative estimate of drug-likeness (QED) is 0.391. The van der Waals surface area contributed by atoms with E-state index in [1.807, 2.05) is 0 Å². The molecule has 0 saturated heterocycles. The Morgan fingerprint density at radius 2 is 2.25 bits per heavy atom. The van der Waals surface area contributed by atoms with E-state index in [0.717, 1.165) is 0 Å². The third-order valence-corrected chi connectivity index (χ3v) is 1.92. The van der Waals surface area contributed by atoms with Gasteiger partial charge in [-0.15, -0.1) is 0 Å². The summed E-state index contributed by atoms with van der Waals surface area (Å²) in [7, 11) is 1.25. The van der Waals surface area contributed by atoms with E-state index in [1.54, 1.807) is 5.20 Å². The fraction of sp³-hybridized carbons (Fsp3) is 0.333. The number of hydrogen-bond donors (Lipinski definition) is 0. The average Bonchev–Trinajstić information content (AvgIpc) is 1.87. The van der Waals surface area contributed by atoms with Crippen LogP contribution >= 0.6 is 0 Å². The average molecular weight is 118 g/mol. The van der Waals surface area contributed by atoms with Gasteiger partial charge in [0.15, 0.2) is 0 Å². The Bertz CT molecular complexity index is 135. The first-order valence-corrected chi connectivity index (χ1v) is 3.63. The van der Waals surface area contributed by atoms with Crippen LogP contribution in [0.15, 0.2) is 22.9 Å². The van der Waals surface area contributed by atoms with Crippen molar-refractivity contribution in [3.05, 3.63) is 22.9 Å². The Morgan fingerprint density at radius 1 is 1.62 bits per heavy atom. The van der Waals surface area contributed by atoms with Crippen molar-refractivity contribution in [2.75, 3.05) is 0 Å². The van der Waals surface area contributed by atoms with Gasteiger partial charge in [-0.25, -0.2) is 0 Å². The van der Waals surface area contributed by atoms with Crippen molar-refractivity contribution in [1.29, 1.82) is 0 Å². The molecule has 0 aromatic heterocycles. The molecule has 0 amide bonds. The van der Waals surface area contributed by atoms with Crippen LogP contribution in [0.25, 0.3) is 0 Å². The molecule has 8 heavy (non-hydrogen) atoms. The maximum absolute atomic E-state index is 2.28. The van der Waals surface area contributed by atoms with Gasteiger partial charge in [-0.05, 0) is 13.3 Å². The summed E-state index contributed by atoms with van der Waals surface area (Å²) in [4.78, 5) is 0. The van der Waals surface area contributed by atoms with Gasteiger partial charge in [-0.3, -0.25) is 0 Å². The van der Waals surface area contributed by atoms with Crippen LogP contribution in [0.2, 0.25) is 0 Å². The fourth-order valence-electron chi connectivity index (χ4n) is 0.828. The van der Waals surface area contributed by atoms with Crippen LogP contribution in [-0.4, -0.2) is 29.1 Å². The summed E-state index contributed by atoms with van der Waals surface area (Å²) in [6.07, 6.45) is 5.80. The molecule has 0 atom stereocenters. The molecular weight excluding hydrogens is 107 g/mol. The fourth-order valence-corrected chi connectivity index (χ4v) is 1.49. The second-order valence-corrected chi connectivity index (χ2v) is 3.43.